The quantitative estimate of drug-likeness (QED) is 0.521. The molecule has 5 nitrogen and oxygen atoms in total. The number of rotatable bonds is 2. The number of fused-ring (bicyclic) bond motifs is 3. The third kappa shape index (κ3) is 2.76. The van der Waals surface area contributed by atoms with Crippen molar-refractivity contribution >= 4 is 69.1 Å². The topological polar surface area (TPSA) is 41.4 Å². The average molecular weight is 436 g/mol. The molecule has 1 amide bonds. The number of anilines is 3. The standard InChI is InChI=1S/C20H17Cl3N4O/c21-12-4-6-15(14(23)11-12)26-9-2-10-27-19-16(25-8-1-3-17(25)28)7-5-13(22)18(19)24-20(26)27/h4-7,11H,1-3,8-10H2. The first-order chi connectivity index (χ1) is 13.5. The van der Waals surface area contributed by atoms with Crippen molar-refractivity contribution in [1.82, 2.24) is 9.55 Å². The third-order valence-electron chi connectivity index (χ3n) is 5.37. The van der Waals surface area contributed by atoms with Crippen molar-refractivity contribution in [2.75, 3.05) is 22.9 Å². The van der Waals surface area contributed by atoms with Crippen LogP contribution in [0.15, 0.2) is 30.3 Å². The third-order valence-corrected chi connectivity index (χ3v) is 6.22. The van der Waals surface area contributed by atoms with Crippen molar-refractivity contribution < 1.29 is 4.79 Å². The fourth-order valence-corrected chi connectivity index (χ4v) is 4.84. The number of aryl methyl sites for hydroxylation is 1. The number of hydrogen-bond acceptors (Lipinski definition) is 3. The van der Waals surface area contributed by atoms with Gasteiger partial charge in [-0.15, -0.1) is 0 Å². The molecule has 2 aromatic carbocycles. The number of carbonyl (C=O) groups is 1. The van der Waals surface area contributed by atoms with Crippen molar-refractivity contribution in [1.29, 1.82) is 0 Å². The second-order valence-electron chi connectivity index (χ2n) is 7.08. The number of hydrogen-bond donors (Lipinski definition) is 0. The summed E-state index contributed by atoms with van der Waals surface area (Å²) >= 11 is 19.0. The van der Waals surface area contributed by atoms with E-state index < -0.39 is 0 Å². The first kappa shape index (κ1) is 18.1. The molecule has 1 aromatic heterocycles. The van der Waals surface area contributed by atoms with Gasteiger partial charge in [0.05, 0.1) is 26.9 Å². The van der Waals surface area contributed by atoms with E-state index in [2.05, 4.69) is 9.47 Å². The Morgan fingerprint density at radius 1 is 0.857 bits per heavy atom. The first-order valence-electron chi connectivity index (χ1n) is 9.26. The maximum absolute atomic E-state index is 12.4. The highest BCUT2D eigenvalue weighted by atomic mass is 35.5. The molecular formula is C20H17Cl3N4O. The number of carbonyl (C=O) groups excluding carboxylic acids is 1. The van der Waals surface area contributed by atoms with Crippen LogP contribution in [-0.4, -0.2) is 28.5 Å². The highest BCUT2D eigenvalue weighted by Crippen LogP contribution is 2.41. The summed E-state index contributed by atoms with van der Waals surface area (Å²) in [6, 6.07) is 9.22. The molecule has 5 rings (SSSR count). The molecule has 1 fully saturated rings. The van der Waals surface area contributed by atoms with Crippen LogP contribution in [0.5, 0.6) is 0 Å². The van der Waals surface area contributed by atoms with Crippen LogP contribution in [0.25, 0.3) is 11.0 Å². The number of imidazole rings is 1. The Kier molecular flexibility index (Phi) is 4.42. The highest BCUT2D eigenvalue weighted by Gasteiger charge is 2.30. The van der Waals surface area contributed by atoms with Crippen LogP contribution in [0.1, 0.15) is 19.3 Å². The van der Waals surface area contributed by atoms with Crippen LogP contribution >= 0.6 is 34.8 Å². The molecule has 1 saturated heterocycles. The van der Waals surface area contributed by atoms with E-state index in [1.165, 1.54) is 0 Å². The lowest BCUT2D eigenvalue weighted by molar-refractivity contribution is -0.117. The zero-order chi connectivity index (χ0) is 19.4. The predicted molar refractivity (Wildman–Crippen MR) is 114 cm³/mol. The zero-order valence-electron chi connectivity index (χ0n) is 15.0. The summed E-state index contributed by atoms with van der Waals surface area (Å²) in [5.74, 6) is 0.930. The summed E-state index contributed by atoms with van der Waals surface area (Å²) in [7, 11) is 0. The summed E-state index contributed by atoms with van der Waals surface area (Å²) in [5, 5.41) is 1.75. The van der Waals surface area contributed by atoms with E-state index >= 15 is 0 Å². The molecule has 0 N–H and O–H groups in total. The Bertz CT molecular complexity index is 1110. The van der Waals surface area contributed by atoms with Crippen molar-refractivity contribution in [3.8, 4) is 0 Å². The van der Waals surface area contributed by atoms with E-state index in [0.29, 0.717) is 27.0 Å². The Hall–Kier alpha value is -1.95. The molecule has 0 radical (unpaired) electrons. The lowest BCUT2D eigenvalue weighted by Gasteiger charge is -2.30. The minimum atomic E-state index is 0.146. The van der Waals surface area contributed by atoms with Gasteiger partial charge in [-0.3, -0.25) is 4.79 Å². The number of nitrogens with zero attached hydrogens (tertiary/aromatic N) is 4. The van der Waals surface area contributed by atoms with Gasteiger partial charge in [0.25, 0.3) is 0 Å². The Balaban J connectivity index is 1.72. The summed E-state index contributed by atoms with van der Waals surface area (Å²) in [5.41, 5.74) is 3.36. The summed E-state index contributed by atoms with van der Waals surface area (Å²) in [6.45, 7) is 2.33. The summed E-state index contributed by atoms with van der Waals surface area (Å²) in [6.07, 6.45) is 2.38. The van der Waals surface area contributed by atoms with Gasteiger partial charge in [-0.25, -0.2) is 4.98 Å². The fraction of sp³-hybridized carbons (Fsp3) is 0.300. The summed E-state index contributed by atoms with van der Waals surface area (Å²) < 4.78 is 2.15. The van der Waals surface area contributed by atoms with Crippen molar-refractivity contribution in [2.45, 2.75) is 25.8 Å². The van der Waals surface area contributed by atoms with Crippen LogP contribution in [-0.2, 0) is 11.3 Å². The smallest absolute Gasteiger partial charge is 0.227 e. The Morgan fingerprint density at radius 2 is 1.64 bits per heavy atom. The molecule has 0 atom stereocenters. The van der Waals surface area contributed by atoms with Gasteiger partial charge in [0.1, 0.15) is 5.52 Å². The number of amides is 1. The molecule has 2 aliphatic rings. The number of halogens is 3. The molecule has 3 aromatic rings. The molecule has 144 valence electrons. The van der Waals surface area contributed by atoms with Gasteiger partial charge < -0.3 is 14.4 Å². The minimum Gasteiger partial charge on any atom is -0.310 e. The van der Waals surface area contributed by atoms with Gasteiger partial charge in [0.2, 0.25) is 11.9 Å². The average Bonchev–Trinajstić information content (AvgIpc) is 3.27. The second kappa shape index (κ2) is 6.83. The molecule has 28 heavy (non-hydrogen) atoms. The zero-order valence-corrected chi connectivity index (χ0v) is 17.2. The van der Waals surface area contributed by atoms with E-state index in [9.17, 15) is 4.79 Å². The SMILES string of the molecule is O=C1CCCN1c1ccc(Cl)c2nc3n(c12)CCCN3c1ccc(Cl)cc1Cl. The van der Waals surface area contributed by atoms with Crippen molar-refractivity contribution in [2.24, 2.45) is 0 Å². The van der Waals surface area contributed by atoms with E-state index in [0.717, 1.165) is 55.3 Å². The second-order valence-corrected chi connectivity index (χ2v) is 8.33. The molecule has 3 heterocycles. The van der Waals surface area contributed by atoms with Gasteiger partial charge in [0, 0.05) is 31.1 Å². The van der Waals surface area contributed by atoms with Crippen molar-refractivity contribution in [3.63, 3.8) is 0 Å². The molecular weight excluding hydrogens is 419 g/mol. The van der Waals surface area contributed by atoms with Crippen LogP contribution in [0, 0.1) is 0 Å². The van der Waals surface area contributed by atoms with E-state index in [1.807, 2.05) is 29.2 Å². The van der Waals surface area contributed by atoms with Gasteiger partial charge in [-0.1, -0.05) is 34.8 Å². The van der Waals surface area contributed by atoms with Crippen LogP contribution in [0.2, 0.25) is 15.1 Å². The Labute approximate surface area is 177 Å². The molecule has 0 unspecified atom stereocenters. The maximum Gasteiger partial charge on any atom is 0.227 e. The fourth-order valence-electron chi connectivity index (χ4n) is 4.13. The van der Waals surface area contributed by atoms with E-state index in [4.69, 9.17) is 39.8 Å². The van der Waals surface area contributed by atoms with Gasteiger partial charge in [0.15, 0.2) is 0 Å². The monoisotopic (exact) mass is 434 g/mol. The molecule has 0 aliphatic carbocycles. The highest BCUT2D eigenvalue weighted by molar-refractivity contribution is 6.37. The molecule has 0 saturated carbocycles. The van der Waals surface area contributed by atoms with E-state index in [1.54, 1.807) is 6.07 Å². The largest absolute Gasteiger partial charge is 0.310 e. The van der Waals surface area contributed by atoms with Crippen LogP contribution in [0.4, 0.5) is 17.3 Å². The van der Waals surface area contributed by atoms with Crippen LogP contribution < -0.4 is 9.80 Å². The lowest BCUT2D eigenvalue weighted by Crippen LogP contribution is -2.29. The predicted octanol–water partition coefficient (Wildman–Crippen LogP) is 5.67. The minimum absolute atomic E-state index is 0.146. The maximum atomic E-state index is 12.4. The lowest BCUT2D eigenvalue weighted by atomic mass is 10.2. The van der Waals surface area contributed by atoms with E-state index in [-0.39, 0.29) is 5.91 Å². The Morgan fingerprint density at radius 3 is 2.39 bits per heavy atom. The van der Waals surface area contributed by atoms with Gasteiger partial charge >= 0.3 is 0 Å². The van der Waals surface area contributed by atoms with Gasteiger partial charge in [-0.2, -0.15) is 0 Å². The van der Waals surface area contributed by atoms with Gasteiger partial charge in [-0.05, 0) is 43.2 Å². The first-order valence-corrected chi connectivity index (χ1v) is 10.4. The normalized spacial score (nSPS) is 16.9. The van der Waals surface area contributed by atoms with Crippen molar-refractivity contribution in [3.05, 3.63) is 45.4 Å². The molecule has 0 bridgehead atoms. The molecule has 0 spiro atoms. The number of aromatic nitrogens is 2. The molecule has 2 aliphatic heterocycles. The summed E-state index contributed by atoms with van der Waals surface area (Å²) in [4.78, 5) is 21.2. The molecule has 8 heteroatoms. The van der Waals surface area contributed by atoms with Crippen LogP contribution in [0.3, 0.4) is 0 Å². The number of benzene rings is 2.